The van der Waals surface area contributed by atoms with Gasteiger partial charge >= 0.3 is 0 Å². The predicted molar refractivity (Wildman–Crippen MR) is 113 cm³/mol. The quantitative estimate of drug-likeness (QED) is 0.817. The highest BCUT2D eigenvalue weighted by Crippen LogP contribution is 2.29. The van der Waals surface area contributed by atoms with E-state index < -0.39 is 0 Å². The average Bonchev–Trinajstić information content (AvgIpc) is 3.12. The van der Waals surface area contributed by atoms with E-state index in [4.69, 9.17) is 0 Å². The maximum Gasteiger partial charge on any atom is 0.227 e. The lowest BCUT2D eigenvalue weighted by molar-refractivity contribution is -0.121. The minimum Gasteiger partial charge on any atom is -0.326 e. The topological polar surface area (TPSA) is 78.5 Å². The first-order valence-electron chi connectivity index (χ1n) is 10.1. The molecule has 0 aliphatic carbocycles. The Bertz CT molecular complexity index is 970. The summed E-state index contributed by atoms with van der Waals surface area (Å²) in [5.41, 5.74) is 4.55. The van der Waals surface area contributed by atoms with Crippen molar-refractivity contribution in [2.24, 2.45) is 5.92 Å². The van der Waals surface area contributed by atoms with Crippen molar-refractivity contribution in [2.45, 2.75) is 39.0 Å². The van der Waals surface area contributed by atoms with Crippen molar-refractivity contribution < 1.29 is 14.4 Å². The van der Waals surface area contributed by atoms with Gasteiger partial charge in [0.2, 0.25) is 17.7 Å². The summed E-state index contributed by atoms with van der Waals surface area (Å²) in [4.78, 5) is 38.5. The van der Waals surface area contributed by atoms with Gasteiger partial charge in [-0.3, -0.25) is 14.4 Å². The zero-order chi connectivity index (χ0) is 20.4. The van der Waals surface area contributed by atoms with Gasteiger partial charge in [-0.15, -0.1) is 0 Å². The smallest absolute Gasteiger partial charge is 0.227 e. The van der Waals surface area contributed by atoms with Crippen molar-refractivity contribution >= 4 is 34.8 Å². The van der Waals surface area contributed by atoms with Crippen molar-refractivity contribution in [2.75, 3.05) is 22.1 Å². The predicted octanol–water partition coefficient (Wildman–Crippen LogP) is 3.65. The van der Waals surface area contributed by atoms with E-state index in [1.54, 1.807) is 4.90 Å². The number of aryl methyl sites for hydroxylation is 1. The van der Waals surface area contributed by atoms with Gasteiger partial charge in [-0.1, -0.05) is 18.2 Å². The van der Waals surface area contributed by atoms with Crippen molar-refractivity contribution in [1.82, 2.24) is 0 Å². The van der Waals surface area contributed by atoms with Crippen LogP contribution < -0.4 is 15.5 Å². The Balaban J connectivity index is 1.34. The molecule has 1 saturated heterocycles. The van der Waals surface area contributed by atoms with Gasteiger partial charge in [0.15, 0.2) is 0 Å². The van der Waals surface area contributed by atoms with Crippen molar-refractivity contribution in [3.05, 3.63) is 53.6 Å². The second kappa shape index (κ2) is 8.07. The molecule has 3 amide bonds. The van der Waals surface area contributed by atoms with E-state index in [9.17, 15) is 14.4 Å². The second-order valence-electron chi connectivity index (χ2n) is 7.78. The summed E-state index contributed by atoms with van der Waals surface area (Å²) in [6.45, 7) is 2.69. The number of hydrogen-bond acceptors (Lipinski definition) is 3. The van der Waals surface area contributed by atoms with E-state index >= 15 is 0 Å². The summed E-state index contributed by atoms with van der Waals surface area (Å²) >= 11 is 0. The van der Waals surface area contributed by atoms with Crippen LogP contribution >= 0.6 is 0 Å². The highest BCUT2D eigenvalue weighted by molar-refractivity contribution is 5.98. The molecule has 2 aromatic carbocycles. The molecule has 6 nitrogen and oxygen atoms in total. The minimum atomic E-state index is -0.194. The first-order valence-corrected chi connectivity index (χ1v) is 10.1. The van der Waals surface area contributed by atoms with E-state index in [2.05, 4.69) is 10.6 Å². The Morgan fingerprint density at radius 1 is 1.21 bits per heavy atom. The van der Waals surface area contributed by atoms with E-state index in [1.165, 1.54) is 0 Å². The van der Waals surface area contributed by atoms with Crippen molar-refractivity contribution in [3.8, 4) is 0 Å². The van der Waals surface area contributed by atoms with E-state index in [-0.39, 0.29) is 30.1 Å². The van der Waals surface area contributed by atoms with Crippen LogP contribution in [-0.4, -0.2) is 24.3 Å². The Kier molecular flexibility index (Phi) is 5.34. The molecule has 2 N–H and O–H groups in total. The van der Waals surface area contributed by atoms with E-state index in [0.29, 0.717) is 24.9 Å². The van der Waals surface area contributed by atoms with Gasteiger partial charge in [-0.25, -0.2) is 0 Å². The molecule has 2 heterocycles. The molecule has 1 unspecified atom stereocenters. The third-order valence-corrected chi connectivity index (χ3v) is 5.68. The summed E-state index contributed by atoms with van der Waals surface area (Å²) < 4.78 is 0. The standard InChI is InChI=1S/C23H25N3O3/c1-15-13-18(9-10-20(15)26-12-4-7-22(26)28)24-21(27)11-8-17-14-16-5-2-3-6-19(16)25-23(17)29/h2-3,5-6,9-10,13,17H,4,7-8,11-12,14H2,1H3,(H,24,27)(H,25,29). The second-order valence-corrected chi connectivity index (χ2v) is 7.78. The lowest BCUT2D eigenvalue weighted by atomic mass is 9.89. The molecular weight excluding hydrogens is 366 g/mol. The molecule has 0 aromatic heterocycles. The molecule has 6 heteroatoms. The zero-order valence-corrected chi connectivity index (χ0v) is 16.5. The molecule has 0 saturated carbocycles. The normalized spacial score (nSPS) is 18.4. The summed E-state index contributed by atoms with van der Waals surface area (Å²) in [7, 11) is 0. The SMILES string of the molecule is Cc1cc(NC(=O)CCC2Cc3ccccc3NC2=O)ccc1N1CCCC1=O. The zero-order valence-electron chi connectivity index (χ0n) is 16.5. The first-order chi connectivity index (χ1) is 14.0. The van der Waals surface area contributed by atoms with Crippen LogP contribution in [0.25, 0.3) is 0 Å². The summed E-state index contributed by atoms with van der Waals surface area (Å²) in [6.07, 6.45) is 2.93. The summed E-state index contributed by atoms with van der Waals surface area (Å²) in [5.74, 6) is -0.175. The highest BCUT2D eigenvalue weighted by Gasteiger charge is 2.26. The fraction of sp³-hybridized carbons (Fsp3) is 0.348. The van der Waals surface area contributed by atoms with Gasteiger partial charge in [-0.2, -0.15) is 0 Å². The maximum atomic E-state index is 12.4. The van der Waals surface area contributed by atoms with Crippen LogP contribution in [-0.2, 0) is 20.8 Å². The Morgan fingerprint density at radius 3 is 2.79 bits per heavy atom. The molecule has 2 aliphatic heterocycles. The van der Waals surface area contributed by atoms with Crippen LogP contribution in [0.3, 0.4) is 0 Å². The van der Waals surface area contributed by atoms with Gasteiger partial charge in [0.1, 0.15) is 0 Å². The van der Waals surface area contributed by atoms with Gasteiger partial charge in [-0.05, 0) is 61.6 Å². The summed E-state index contributed by atoms with van der Waals surface area (Å²) in [5, 5.41) is 5.84. The number of carbonyl (C=O) groups is 3. The van der Waals surface area contributed by atoms with Gasteiger partial charge in [0.05, 0.1) is 0 Å². The molecule has 29 heavy (non-hydrogen) atoms. The number of carbonyl (C=O) groups excluding carboxylic acids is 3. The lowest BCUT2D eigenvalue weighted by Crippen LogP contribution is -2.30. The number of nitrogens with zero attached hydrogens (tertiary/aromatic N) is 1. The third kappa shape index (κ3) is 4.16. The number of rotatable bonds is 5. The lowest BCUT2D eigenvalue weighted by Gasteiger charge is -2.24. The largest absolute Gasteiger partial charge is 0.326 e. The Labute approximate surface area is 170 Å². The number of amides is 3. The number of para-hydroxylation sites is 1. The molecule has 2 aliphatic rings. The molecule has 0 spiro atoms. The molecule has 150 valence electrons. The average molecular weight is 391 g/mol. The molecule has 0 radical (unpaired) electrons. The Hall–Kier alpha value is -3.15. The summed E-state index contributed by atoms with van der Waals surface area (Å²) in [6, 6.07) is 13.4. The van der Waals surface area contributed by atoms with Crippen LogP contribution in [0.5, 0.6) is 0 Å². The molecular formula is C23H25N3O3. The molecule has 1 fully saturated rings. The van der Waals surface area contributed by atoms with E-state index in [1.807, 2.05) is 49.4 Å². The van der Waals surface area contributed by atoms with E-state index in [0.717, 1.165) is 35.5 Å². The monoisotopic (exact) mass is 391 g/mol. The van der Waals surface area contributed by atoms with Gasteiger partial charge in [0, 0.05) is 42.4 Å². The third-order valence-electron chi connectivity index (χ3n) is 5.68. The van der Waals surface area contributed by atoms with Gasteiger partial charge in [0.25, 0.3) is 0 Å². The van der Waals surface area contributed by atoms with Gasteiger partial charge < -0.3 is 15.5 Å². The highest BCUT2D eigenvalue weighted by atomic mass is 16.2. The number of fused-ring (bicyclic) bond motifs is 1. The van der Waals surface area contributed by atoms with Crippen LogP contribution in [0, 0.1) is 12.8 Å². The molecule has 0 bridgehead atoms. The Morgan fingerprint density at radius 2 is 2.03 bits per heavy atom. The molecule has 1 atom stereocenters. The molecule has 4 rings (SSSR count). The number of hydrogen-bond donors (Lipinski definition) is 2. The fourth-order valence-electron chi connectivity index (χ4n) is 4.11. The minimum absolute atomic E-state index is 0.0213. The van der Waals surface area contributed by atoms with Crippen LogP contribution in [0.4, 0.5) is 17.1 Å². The number of nitrogens with one attached hydrogen (secondary N) is 2. The van der Waals surface area contributed by atoms with Crippen LogP contribution in [0.2, 0.25) is 0 Å². The van der Waals surface area contributed by atoms with Crippen LogP contribution in [0.1, 0.15) is 36.8 Å². The first kappa shape index (κ1) is 19.2. The fourth-order valence-corrected chi connectivity index (χ4v) is 4.11. The molecule has 2 aromatic rings. The number of benzene rings is 2. The number of anilines is 3. The maximum absolute atomic E-state index is 12.4. The van der Waals surface area contributed by atoms with Crippen LogP contribution in [0.15, 0.2) is 42.5 Å². The van der Waals surface area contributed by atoms with Crippen molar-refractivity contribution in [3.63, 3.8) is 0 Å². The van der Waals surface area contributed by atoms with Crippen molar-refractivity contribution in [1.29, 1.82) is 0 Å².